The molecular formula is C26H33N3O4. The van der Waals surface area contributed by atoms with Crippen LogP contribution in [-0.4, -0.2) is 68.8 Å². The van der Waals surface area contributed by atoms with Gasteiger partial charge in [-0.05, 0) is 37.1 Å². The quantitative estimate of drug-likeness (QED) is 0.575. The summed E-state index contributed by atoms with van der Waals surface area (Å²) >= 11 is 0. The van der Waals surface area contributed by atoms with Gasteiger partial charge in [-0.3, -0.25) is 14.5 Å². The summed E-state index contributed by atoms with van der Waals surface area (Å²) in [6, 6.07) is 16.3. The van der Waals surface area contributed by atoms with Crippen LogP contribution in [0.5, 0.6) is 5.75 Å². The predicted molar refractivity (Wildman–Crippen MR) is 129 cm³/mol. The van der Waals surface area contributed by atoms with Gasteiger partial charge in [0.1, 0.15) is 18.5 Å². The van der Waals surface area contributed by atoms with E-state index in [0.717, 1.165) is 43.9 Å². The third-order valence-corrected chi connectivity index (χ3v) is 6.30. The van der Waals surface area contributed by atoms with Crippen molar-refractivity contribution in [1.82, 2.24) is 4.90 Å². The molecule has 4 rings (SSSR count). The summed E-state index contributed by atoms with van der Waals surface area (Å²) in [4.78, 5) is 30.4. The Labute approximate surface area is 195 Å². The number of fused-ring (bicyclic) bond motifs is 1. The molecule has 1 atom stereocenters. The minimum atomic E-state index is -0.356. The Hall–Kier alpha value is -3.06. The maximum Gasteiger partial charge on any atom is 0.303 e. The first-order chi connectivity index (χ1) is 16.0. The topological polar surface area (TPSA) is 62.3 Å². The number of anilines is 2. The first kappa shape index (κ1) is 23.1. The first-order valence-corrected chi connectivity index (χ1v) is 11.8. The van der Waals surface area contributed by atoms with Crippen LogP contribution in [0.4, 0.5) is 11.4 Å². The van der Waals surface area contributed by atoms with Crippen LogP contribution in [0.3, 0.4) is 0 Å². The monoisotopic (exact) mass is 451 g/mol. The zero-order valence-electron chi connectivity index (χ0n) is 19.5. The van der Waals surface area contributed by atoms with E-state index >= 15 is 0 Å². The molecule has 0 radical (unpaired) electrons. The molecule has 0 bridgehead atoms. The average Bonchev–Trinajstić information content (AvgIpc) is 2.83. The number of aryl methyl sites for hydroxylation is 1. The standard InChI is InChI=1S/C26H33N3O4/c1-3-29-25-17-23(11-9-21(25)10-12-26(29)31)32-19-24(33-20(2)30)18-27-13-15-28(16-14-27)22-7-5-4-6-8-22/h4-9,11,17,24H,3,10,12-16,18-19H2,1-2H3. The second-order valence-corrected chi connectivity index (χ2v) is 8.59. The van der Waals surface area contributed by atoms with Crippen LogP contribution in [0.25, 0.3) is 0 Å². The lowest BCUT2D eigenvalue weighted by molar-refractivity contribution is -0.148. The molecule has 2 heterocycles. The molecule has 1 amide bonds. The van der Waals surface area contributed by atoms with Gasteiger partial charge in [-0.2, -0.15) is 0 Å². The molecule has 2 aliphatic rings. The number of piperazine rings is 1. The Bertz CT molecular complexity index is 957. The van der Waals surface area contributed by atoms with Crippen molar-refractivity contribution in [2.24, 2.45) is 0 Å². The largest absolute Gasteiger partial charge is 0.490 e. The van der Waals surface area contributed by atoms with E-state index in [1.807, 2.05) is 36.1 Å². The molecule has 7 nitrogen and oxygen atoms in total. The third-order valence-electron chi connectivity index (χ3n) is 6.30. The van der Waals surface area contributed by atoms with Gasteiger partial charge in [0, 0.05) is 64.4 Å². The number of para-hydroxylation sites is 1. The Kier molecular flexibility index (Phi) is 7.50. The van der Waals surface area contributed by atoms with Crippen molar-refractivity contribution in [3.63, 3.8) is 0 Å². The van der Waals surface area contributed by atoms with Crippen molar-refractivity contribution in [3.8, 4) is 5.75 Å². The van der Waals surface area contributed by atoms with Crippen molar-refractivity contribution in [2.75, 3.05) is 55.7 Å². The fraction of sp³-hybridized carbons (Fsp3) is 0.462. The van der Waals surface area contributed by atoms with Gasteiger partial charge >= 0.3 is 5.97 Å². The third kappa shape index (κ3) is 5.85. The molecule has 1 unspecified atom stereocenters. The lowest BCUT2D eigenvalue weighted by Crippen LogP contribution is -2.50. The van der Waals surface area contributed by atoms with Crippen LogP contribution >= 0.6 is 0 Å². The second-order valence-electron chi connectivity index (χ2n) is 8.59. The van der Waals surface area contributed by atoms with Crippen LogP contribution in [-0.2, 0) is 20.7 Å². The average molecular weight is 452 g/mol. The van der Waals surface area contributed by atoms with Gasteiger partial charge in [0.25, 0.3) is 0 Å². The van der Waals surface area contributed by atoms with Gasteiger partial charge in [-0.25, -0.2) is 0 Å². The van der Waals surface area contributed by atoms with Crippen LogP contribution in [0.15, 0.2) is 48.5 Å². The number of amides is 1. The zero-order chi connectivity index (χ0) is 23.2. The maximum atomic E-state index is 12.2. The van der Waals surface area contributed by atoms with Crippen molar-refractivity contribution < 1.29 is 19.1 Å². The number of hydrogen-bond donors (Lipinski definition) is 0. The Balaban J connectivity index is 1.35. The number of nitrogens with zero attached hydrogens (tertiary/aromatic N) is 3. The molecule has 1 saturated heterocycles. The summed E-state index contributed by atoms with van der Waals surface area (Å²) in [7, 11) is 0. The van der Waals surface area contributed by atoms with E-state index in [1.54, 1.807) is 0 Å². The van der Waals surface area contributed by atoms with Gasteiger partial charge in [0.2, 0.25) is 5.91 Å². The number of carbonyl (C=O) groups excluding carboxylic acids is 2. The highest BCUT2D eigenvalue weighted by Crippen LogP contribution is 2.31. The summed E-state index contributed by atoms with van der Waals surface area (Å²) < 4.78 is 11.6. The summed E-state index contributed by atoms with van der Waals surface area (Å²) in [6.07, 6.45) is 0.953. The number of hydrogen-bond acceptors (Lipinski definition) is 6. The van der Waals surface area contributed by atoms with E-state index in [9.17, 15) is 9.59 Å². The first-order valence-electron chi connectivity index (χ1n) is 11.8. The minimum Gasteiger partial charge on any atom is -0.490 e. The van der Waals surface area contributed by atoms with Crippen LogP contribution < -0.4 is 14.5 Å². The van der Waals surface area contributed by atoms with Gasteiger partial charge in [-0.15, -0.1) is 0 Å². The SMILES string of the molecule is CCN1C(=O)CCc2ccc(OCC(CN3CCN(c4ccccc4)CC3)OC(C)=O)cc21. The minimum absolute atomic E-state index is 0.148. The highest BCUT2D eigenvalue weighted by atomic mass is 16.6. The van der Waals surface area contributed by atoms with Gasteiger partial charge in [0.15, 0.2) is 0 Å². The van der Waals surface area contributed by atoms with E-state index in [4.69, 9.17) is 9.47 Å². The van der Waals surface area contributed by atoms with Crippen LogP contribution in [0.2, 0.25) is 0 Å². The van der Waals surface area contributed by atoms with Gasteiger partial charge in [-0.1, -0.05) is 24.3 Å². The van der Waals surface area contributed by atoms with Gasteiger partial charge < -0.3 is 19.3 Å². The lowest BCUT2D eigenvalue weighted by Gasteiger charge is -2.37. The second kappa shape index (κ2) is 10.7. The molecular weight excluding hydrogens is 418 g/mol. The highest BCUT2D eigenvalue weighted by molar-refractivity contribution is 5.96. The molecule has 2 aromatic rings. The van der Waals surface area contributed by atoms with Crippen molar-refractivity contribution >= 4 is 23.3 Å². The van der Waals surface area contributed by atoms with Crippen molar-refractivity contribution in [1.29, 1.82) is 0 Å². The van der Waals surface area contributed by atoms with Crippen molar-refractivity contribution in [3.05, 3.63) is 54.1 Å². The van der Waals surface area contributed by atoms with E-state index in [1.165, 1.54) is 12.6 Å². The fourth-order valence-corrected chi connectivity index (χ4v) is 4.62. The summed E-state index contributed by atoms with van der Waals surface area (Å²) in [5.74, 6) is 0.530. The molecule has 2 aliphatic heterocycles. The van der Waals surface area contributed by atoms with Gasteiger partial charge in [0.05, 0.1) is 5.69 Å². The molecule has 7 heteroatoms. The fourth-order valence-electron chi connectivity index (χ4n) is 4.62. The van der Waals surface area contributed by atoms with E-state index in [2.05, 4.69) is 34.1 Å². The van der Waals surface area contributed by atoms with E-state index in [0.29, 0.717) is 25.3 Å². The molecule has 1 fully saturated rings. The number of esters is 1. The Morgan fingerprint density at radius 2 is 1.79 bits per heavy atom. The predicted octanol–water partition coefficient (Wildman–Crippen LogP) is 3.12. The van der Waals surface area contributed by atoms with E-state index < -0.39 is 0 Å². The number of carbonyl (C=O) groups is 2. The van der Waals surface area contributed by atoms with Crippen LogP contribution in [0.1, 0.15) is 25.8 Å². The van der Waals surface area contributed by atoms with Crippen molar-refractivity contribution in [2.45, 2.75) is 32.8 Å². The zero-order valence-corrected chi connectivity index (χ0v) is 19.5. The Morgan fingerprint density at radius 3 is 2.48 bits per heavy atom. The molecule has 0 spiro atoms. The molecule has 33 heavy (non-hydrogen) atoms. The number of rotatable bonds is 8. The molecule has 176 valence electrons. The summed E-state index contributed by atoms with van der Waals surface area (Å²) in [5, 5.41) is 0. The number of ether oxygens (including phenoxy) is 2. The lowest BCUT2D eigenvalue weighted by atomic mass is 10.0. The Morgan fingerprint density at radius 1 is 1.03 bits per heavy atom. The molecule has 0 aromatic heterocycles. The summed E-state index contributed by atoms with van der Waals surface area (Å²) in [6.45, 7) is 8.63. The van der Waals surface area contributed by atoms with E-state index in [-0.39, 0.29) is 24.6 Å². The molecule has 2 aromatic carbocycles. The smallest absolute Gasteiger partial charge is 0.303 e. The van der Waals surface area contributed by atoms with Crippen LogP contribution in [0, 0.1) is 0 Å². The molecule has 0 N–H and O–H groups in total. The molecule has 0 aliphatic carbocycles. The molecule has 0 saturated carbocycles. The summed E-state index contributed by atoms with van der Waals surface area (Å²) in [5.41, 5.74) is 3.33. The highest BCUT2D eigenvalue weighted by Gasteiger charge is 2.25. The normalized spacial score (nSPS) is 17.5. The number of benzene rings is 2. The maximum absolute atomic E-state index is 12.2.